The van der Waals surface area contributed by atoms with Gasteiger partial charge in [0.25, 0.3) is 0 Å². The van der Waals surface area contributed by atoms with Gasteiger partial charge in [-0.1, -0.05) is 6.07 Å². The van der Waals surface area contributed by atoms with Crippen LogP contribution in [0.4, 0.5) is 4.39 Å². The summed E-state index contributed by atoms with van der Waals surface area (Å²) in [5.74, 6) is -0.531. The summed E-state index contributed by atoms with van der Waals surface area (Å²) in [6.45, 7) is -0.591. The SMILES string of the molecule is N#CCc1cc(C(O)C(O)CO)ccc1F. The summed E-state index contributed by atoms with van der Waals surface area (Å²) in [6, 6.07) is 5.53. The van der Waals surface area contributed by atoms with Gasteiger partial charge >= 0.3 is 0 Å². The number of nitrogens with zero attached hydrogens (tertiary/aromatic N) is 1. The van der Waals surface area contributed by atoms with Crippen LogP contribution in [-0.4, -0.2) is 28.0 Å². The quantitative estimate of drug-likeness (QED) is 0.687. The van der Waals surface area contributed by atoms with Crippen LogP contribution >= 0.6 is 0 Å². The third-order valence-corrected chi connectivity index (χ3v) is 2.23. The van der Waals surface area contributed by atoms with Crippen LogP contribution in [0.15, 0.2) is 18.2 Å². The first-order chi connectivity index (χ1) is 7.60. The fourth-order valence-electron chi connectivity index (χ4n) is 1.32. The number of aliphatic hydroxyl groups is 3. The zero-order valence-electron chi connectivity index (χ0n) is 8.47. The van der Waals surface area contributed by atoms with E-state index in [-0.39, 0.29) is 17.5 Å². The minimum Gasteiger partial charge on any atom is -0.394 e. The van der Waals surface area contributed by atoms with Gasteiger partial charge in [-0.2, -0.15) is 5.26 Å². The average Bonchev–Trinajstić information content (AvgIpc) is 2.30. The van der Waals surface area contributed by atoms with E-state index in [1.807, 2.05) is 0 Å². The molecular formula is C11H12FNO3. The van der Waals surface area contributed by atoms with Gasteiger partial charge in [-0.25, -0.2) is 4.39 Å². The molecule has 2 unspecified atom stereocenters. The molecule has 0 aliphatic rings. The molecule has 1 rings (SSSR count). The van der Waals surface area contributed by atoms with Crippen molar-refractivity contribution in [3.05, 3.63) is 35.1 Å². The lowest BCUT2D eigenvalue weighted by Crippen LogP contribution is -2.22. The summed E-state index contributed by atoms with van der Waals surface area (Å²) in [5.41, 5.74) is 0.428. The first-order valence-electron chi connectivity index (χ1n) is 4.72. The van der Waals surface area contributed by atoms with Crippen LogP contribution in [0.5, 0.6) is 0 Å². The van der Waals surface area contributed by atoms with Gasteiger partial charge in [0.05, 0.1) is 19.1 Å². The number of rotatable bonds is 4. The first kappa shape index (κ1) is 12.6. The Bertz CT molecular complexity index is 403. The smallest absolute Gasteiger partial charge is 0.127 e. The van der Waals surface area contributed by atoms with Crippen molar-refractivity contribution in [2.45, 2.75) is 18.6 Å². The molecule has 0 amide bonds. The average molecular weight is 225 g/mol. The maximum absolute atomic E-state index is 13.2. The largest absolute Gasteiger partial charge is 0.394 e. The first-order valence-corrected chi connectivity index (χ1v) is 4.72. The Morgan fingerprint density at radius 1 is 1.38 bits per heavy atom. The minimum absolute atomic E-state index is 0.110. The highest BCUT2D eigenvalue weighted by Gasteiger charge is 2.18. The van der Waals surface area contributed by atoms with Crippen molar-refractivity contribution in [3.63, 3.8) is 0 Å². The van der Waals surface area contributed by atoms with E-state index in [0.717, 1.165) is 6.07 Å². The van der Waals surface area contributed by atoms with E-state index in [1.165, 1.54) is 12.1 Å². The van der Waals surface area contributed by atoms with Crippen LogP contribution in [0.25, 0.3) is 0 Å². The Morgan fingerprint density at radius 2 is 2.06 bits per heavy atom. The molecule has 0 aromatic heterocycles. The Kier molecular flexibility index (Phi) is 4.38. The molecule has 0 heterocycles. The Hall–Kier alpha value is -1.48. The van der Waals surface area contributed by atoms with Gasteiger partial charge in [-0.05, 0) is 17.7 Å². The molecule has 0 saturated carbocycles. The molecule has 0 aliphatic heterocycles. The van der Waals surface area contributed by atoms with Gasteiger partial charge in [0.1, 0.15) is 18.0 Å². The maximum Gasteiger partial charge on any atom is 0.127 e. The molecule has 1 aromatic carbocycles. The number of benzene rings is 1. The topological polar surface area (TPSA) is 84.5 Å². The Labute approximate surface area is 92.2 Å². The second-order valence-electron chi connectivity index (χ2n) is 3.38. The van der Waals surface area contributed by atoms with Gasteiger partial charge < -0.3 is 15.3 Å². The van der Waals surface area contributed by atoms with Crippen LogP contribution in [0.2, 0.25) is 0 Å². The Morgan fingerprint density at radius 3 is 2.62 bits per heavy atom. The molecule has 0 saturated heterocycles. The molecule has 2 atom stereocenters. The summed E-state index contributed by atoms with van der Waals surface area (Å²) in [6.07, 6.45) is -2.72. The fraction of sp³-hybridized carbons (Fsp3) is 0.364. The maximum atomic E-state index is 13.2. The second-order valence-corrected chi connectivity index (χ2v) is 3.38. The zero-order valence-corrected chi connectivity index (χ0v) is 8.47. The number of halogens is 1. The molecule has 5 heteroatoms. The third-order valence-electron chi connectivity index (χ3n) is 2.23. The number of aliphatic hydroxyl groups excluding tert-OH is 3. The van der Waals surface area contributed by atoms with Crippen LogP contribution < -0.4 is 0 Å². The lowest BCUT2D eigenvalue weighted by atomic mass is 10.0. The van der Waals surface area contributed by atoms with Crippen molar-refractivity contribution >= 4 is 0 Å². The van der Waals surface area contributed by atoms with Crippen molar-refractivity contribution < 1.29 is 19.7 Å². The molecular weight excluding hydrogens is 213 g/mol. The highest BCUT2D eigenvalue weighted by molar-refractivity contribution is 5.29. The zero-order chi connectivity index (χ0) is 12.1. The van der Waals surface area contributed by atoms with Gasteiger partial charge in [-0.15, -0.1) is 0 Å². The molecule has 3 N–H and O–H groups in total. The molecule has 0 bridgehead atoms. The van der Waals surface area contributed by atoms with E-state index >= 15 is 0 Å². The highest BCUT2D eigenvalue weighted by Crippen LogP contribution is 2.20. The molecule has 16 heavy (non-hydrogen) atoms. The molecule has 1 aromatic rings. The molecule has 0 radical (unpaired) electrons. The van der Waals surface area contributed by atoms with Crippen LogP contribution in [0.3, 0.4) is 0 Å². The van der Waals surface area contributed by atoms with E-state index in [4.69, 9.17) is 10.4 Å². The number of hydrogen-bond donors (Lipinski definition) is 3. The monoisotopic (exact) mass is 225 g/mol. The predicted octanol–water partition coefficient (Wildman–Crippen LogP) is 0.278. The standard InChI is InChI=1S/C11H12FNO3/c12-9-2-1-8(5-7(9)3-4-13)11(16)10(15)6-14/h1-2,5,10-11,14-16H,3,6H2. The summed E-state index contributed by atoms with van der Waals surface area (Å²) in [4.78, 5) is 0. The van der Waals surface area contributed by atoms with Crippen molar-refractivity contribution in [1.82, 2.24) is 0 Å². The lowest BCUT2D eigenvalue weighted by molar-refractivity contribution is -0.0153. The van der Waals surface area contributed by atoms with Crippen LogP contribution in [0, 0.1) is 17.1 Å². The minimum atomic E-state index is -1.32. The van der Waals surface area contributed by atoms with Gasteiger partial charge in [0.2, 0.25) is 0 Å². The predicted molar refractivity (Wildman–Crippen MR) is 53.8 cm³/mol. The molecule has 4 nitrogen and oxygen atoms in total. The number of hydrogen-bond acceptors (Lipinski definition) is 4. The molecule has 0 spiro atoms. The lowest BCUT2D eigenvalue weighted by Gasteiger charge is -2.16. The van der Waals surface area contributed by atoms with Gasteiger partial charge in [-0.3, -0.25) is 0 Å². The summed E-state index contributed by atoms with van der Waals surface area (Å²) < 4.78 is 13.2. The van der Waals surface area contributed by atoms with Crippen LogP contribution in [-0.2, 0) is 6.42 Å². The molecule has 0 fully saturated rings. The van der Waals surface area contributed by atoms with E-state index in [9.17, 15) is 14.6 Å². The molecule has 0 aliphatic carbocycles. The van der Waals surface area contributed by atoms with E-state index in [1.54, 1.807) is 6.07 Å². The van der Waals surface area contributed by atoms with Gasteiger partial charge in [0, 0.05) is 5.56 Å². The Balaban J connectivity index is 2.98. The van der Waals surface area contributed by atoms with Crippen molar-refractivity contribution in [3.8, 4) is 6.07 Å². The van der Waals surface area contributed by atoms with Crippen molar-refractivity contribution in [2.24, 2.45) is 0 Å². The van der Waals surface area contributed by atoms with E-state index < -0.39 is 24.6 Å². The summed E-state index contributed by atoms with van der Waals surface area (Å²) >= 11 is 0. The van der Waals surface area contributed by atoms with Crippen molar-refractivity contribution in [1.29, 1.82) is 5.26 Å². The molecule has 86 valence electrons. The normalized spacial score (nSPS) is 14.2. The third kappa shape index (κ3) is 2.76. The second kappa shape index (κ2) is 5.56. The summed E-state index contributed by atoms with van der Waals surface area (Å²) in [7, 11) is 0. The highest BCUT2D eigenvalue weighted by atomic mass is 19.1. The van der Waals surface area contributed by atoms with Gasteiger partial charge in [0.15, 0.2) is 0 Å². The van der Waals surface area contributed by atoms with Crippen molar-refractivity contribution in [2.75, 3.05) is 6.61 Å². The van der Waals surface area contributed by atoms with E-state index in [2.05, 4.69) is 0 Å². The fourth-order valence-corrected chi connectivity index (χ4v) is 1.32. The van der Waals surface area contributed by atoms with E-state index in [0.29, 0.717) is 0 Å². The van der Waals surface area contributed by atoms with Crippen LogP contribution in [0.1, 0.15) is 17.2 Å². The number of nitriles is 1. The summed E-state index contributed by atoms with van der Waals surface area (Å²) in [5, 5.41) is 35.9.